The van der Waals surface area contributed by atoms with Crippen LogP contribution in [0.15, 0.2) is 6.20 Å². The topological polar surface area (TPSA) is 65.5 Å². The first-order valence-electron chi connectivity index (χ1n) is 6.71. The molecule has 1 aromatic heterocycles. The molecule has 0 radical (unpaired) electrons. The van der Waals surface area contributed by atoms with Crippen molar-refractivity contribution in [3.63, 3.8) is 0 Å². The smallest absolute Gasteiger partial charge is 0.318 e. The van der Waals surface area contributed by atoms with Gasteiger partial charge < -0.3 is 15.1 Å². The molecule has 7 heteroatoms. The Balaban J connectivity index is 1.87. The fourth-order valence-electron chi connectivity index (χ4n) is 2.07. The van der Waals surface area contributed by atoms with E-state index < -0.39 is 6.04 Å². The molecular formula is C13H20N4O2S. The van der Waals surface area contributed by atoms with Crippen molar-refractivity contribution < 1.29 is 9.59 Å². The molecule has 1 aliphatic heterocycles. The van der Waals surface area contributed by atoms with Crippen molar-refractivity contribution in [2.75, 3.05) is 20.6 Å². The molecule has 20 heavy (non-hydrogen) atoms. The lowest BCUT2D eigenvalue weighted by atomic mass is 10.2. The van der Waals surface area contributed by atoms with E-state index in [1.807, 2.05) is 6.20 Å². The van der Waals surface area contributed by atoms with E-state index in [-0.39, 0.29) is 11.9 Å². The number of likely N-dealkylation sites (tertiary alicyclic amines) is 1. The summed E-state index contributed by atoms with van der Waals surface area (Å²) in [6.07, 6.45) is 3.48. The number of aromatic nitrogens is 1. The first kappa shape index (κ1) is 14.8. The van der Waals surface area contributed by atoms with Gasteiger partial charge in [0.05, 0.1) is 6.54 Å². The SMILES string of the molecule is CCc1cnc(CN(C)C(=O)NC2CCN(C)C2=O)s1. The molecule has 0 aromatic carbocycles. The molecule has 6 nitrogen and oxygen atoms in total. The lowest BCUT2D eigenvalue weighted by Crippen LogP contribution is -2.46. The second-order valence-electron chi connectivity index (χ2n) is 4.98. The van der Waals surface area contributed by atoms with Crippen LogP contribution in [0.25, 0.3) is 0 Å². The summed E-state index contributed by atoms with van der Waals surface area (Å²) in [6.45, 7) is 3.24. The van der Waals surface area contributed by atoms with Crippen molar-refractivity contribution in [2.24, 2.45) is 0 Å². The fraction of sp³-hybridized carbons (Fsp3) is 0.615. The second kappa shape index (κ2) is 6.21. The number of likely N-dealkylation sites (N-methyl/N-ethyl adjacent to an activating group) is 1. The van der Waals surface area contributed by atoms with Gasteiger partial charge in [-0.1, -0.05) is 6.92 Å². The van der Waals surface area contributed by atoms with Crippen molar-refractivity contribution in [3.05, 3.63) is 16.1 Å². The van der Waals surface area contributed by atoms with Crippen LogP contribution in [-0.2, 0) is 17.8 Å². The van der Waals surface area contributed by atoms with Crippen LogP contribution in [0, 0.1) is 0 Å². The maximum Gasteiger partial charge on any atom is 0.318 e. The highest BCUT2D eigenvalue weighted by Gasteiger charge is 2.30. The van der Waals surface area contributed by atoms with Crippen LogP contribution in [0.2, 0.25) is 0 Å². The van der Waals surface area contributed by atoms with E-state index in [2.05, 4.69) is 17.2 Å². The Kier molecular flexibility index (Phi) is 4.59. The van der Waals surface area contributed by atoms with Crippen LogP contribution >= 0.6 is 11.3 Å². The highest BCUT2D eigenvalue weighted by molar-refractivity contribution is 7.11. The number of urea groups is 1. The summed E-state index contributed by atoms with van der Waals surface area (Å²) in [5.41, 5.74) is 0. The average Bonchev–Trinajstić information content (AvgIpc) is 3.00. The summed E-state index contributed by atoms with van der Waals surface area (Å²) in [5, 5.41) is 3.68. The van der Waals surface area contributed by atoms with Gasteiger partial charge in [0.2, 0.25) is 5.91 Å². The van der Waals surface area contributed by atoms with E-state index in [0.717, 1.165) is 11.4 Å². The van der Waals surface area contributed by atoms with Crippen LogP contribution in [-0.4, -0.2) is 53.4 Å². The summed E-state index contributed by atoms with van der Waals surface area (Å²) >= 11 is 1.61. The van der Waals surface area contributed by atoms with Gasteiger partial charge in [0.15, 0.2) is 0 Å². The Morgan fingerprint density at radius 3 is 2.95 bits per heavy atom. The molecule has 1 aliphatic rings. The van der Waals surface area contributed by atoms with E-state index in [1.165, 1.54) is 4.88 Å². The van der Waals surface area contributed by atoms with Crippen molar-refractivity contribution in [1.82, 2.24) is 20.1 Å². The predicted octanol–water partition coefficient (Wildman–Crippen LogP) is 1.08. The third-order valence-electron chi connectivity index (χ3n) is 3.39. The third kappa shape index (κ3) is 3.27. The van der Waals surface area contributed by atoms with Crippen molar-refractivity contribution >= 4 is 23.3 Å². The number of hydrogen-bond donors (Lipinski definition) is 1. The molecule has 1 atom stereocenters. The highest BCUT2D eigenvalue weighted by Crippen LogP contribution is 2.15. The Morgan fingerprint density at radius 1 is 1.65 bits per heavy atom. The molecule has 3 amide bonds. The van der Waals surface area contributed by atoms with E-state index >= 15 is 0 Å². The molecule has 110 valence electrons. The Bertz CT molecular complexity index is 502. The van der Waals surface area contributed by atoms with E-state index in [9.17, 15) is 9.59 Å². The predicted molar refractivity (Wildman–Crippen MR) is 77.5 cm³/mol. The van der Waals surface area contributed by atoms with Gasteiger partial charge in [-0.25, -0.2) is 9.78 Å². The molecule has 0 aliphatic carbocycles. The summed E-state index contributed by atoms with van der Waals surface area (Å²) in [4.78, 5) is 32.5. The average molecular weight is 296 g/mol. The first-order chi connectivity index (χ1) is 9.51. The minimum Gasteiger partial charge on any atom is -0.344 e. The van der Waals surface area contributed by atoms with Gasteiger partial charge in [-0.2, -0.15) is 0 Å². The quantitative estimate of drug-likeness (QED) is 0.904. The first-order valence-corrected chi connectivity index (χ1v) is 7.53. The fourth-order valence-corrected chi connectivity index (χ4v) is 2.99. The van der Waals surface area contributed by atoms with E-state index in [1.54, 1.807) is 35.2 Å². The van der Waals surface area contributed by atoms with Gasteiger partial charge in [-0.3, -0.25) is 4.79 Å². The Labute approximate surface area is 122 Å². The molecule has 0 saturated carbocycles. The second-order valence-corrected chi connectivity index (χ2v) is 6.18. The van der Waals surface area contributed by atoms with Crippen molar-refractivity contribution in [1.29, 1.82) is 0 Å². The minimum absolute atomic E-state index is 0.0192. The number of amides is 3. The number of aryl methyl sites for hydroxylation is 1. The minimum atomic E-state index is -0.391. The molecule has 1 unspecified atom stereocenters. The Morgan fingerprint density at radius 2 is 2.40 bits per heavy atom. The lowest BCUT2D eigenvalue weighted by molar-refractivity contribution is -0.128. The number of nitrogens with zero attached hydrogens (tertiary/aromatic N) is 3. The molecule has 2 heterocycles. The molecular weight excluding hydrogens is 276 g/mol. The molecule has 1 saturated heterocycles. The largest absolute Gasteiger partial charge is 0.344 e. The molecule has 1 aromatic rings. The number of carbonyl (C=O) groups excluding carboxylic acids is 2. The molecule has 1 N–H and O–H groups in total. The zero-order valence-electron chi connectivity index (χ0n) is 12.0. The zero-order valence-corrected chi connectivity index (χ0v) is 12.9. The van der Waals surface area contributed by atoms with Crippen LogP contribution in [0.5, 0.6) is 0 Å². The number of rotatable bonds is 4. The van der Waals surface area contributed by atoms with Gasteiger partial charge in [-0.15, -0.1) is 11.3 Å². The lowest BCUT2D eigenvalue weighted by Gasteiger charge is -2.19. The maximum absolute atomic E-state index is 12.1. The number of hydrogen-bond acceptors (Lipinski definition) is 4. The van der Waals surface area contributed by atoms with E-state index in [4.69, 9.17) is 0 Å². The zero-order chi connectivity index (χ0) is 14.7. The van der Waals surface area contributed by atoms with Gasteiger partial charge in [0, 0.05) is 31.7 Å². The van der Waals surface area contributed by atoms with E-state index in [0.29, 0.717) is 19.5 Å². The van der Waals surface area contributed by atoms with Gasteiger partial charge in [0.25, 0.3) is 0 Å². The third-order valence-corrected chi connectivity index (χ3v) is 4.52. The number of thiazole rings is 1. The monoisotopic (exact) mass is 296 g/mol. The van der Waals surface area contributed by atoms with Gasteiger partial charge >= 0.3 is 6.03 Å². The van der Waals surface area contributed by atoms with Crippen LogP contribution in [0.3, 0.4) is 0 Å². The van der Waals surface area contributed by atoms with Gasteiger partial charge in [-0.05, 0) is 12.8 Å². The maximum atomic E-state index is 12.1. The standard InChI is InChI=1S/C13H20N4O2S/c1-4-9-7-14-11(20-9)8-17(3)13(19)15-10-5-6-16(2)12(10)18/h7,10H,4-6,8H2,1-3H3,(H,15,19). The van der Waals surface area contributed by atoms with Crippen LogP contribution in [0.1, 0.15) is 23.2 Å². The Hall–Kier alpha value is -1.63. The van der Waals surface area contributed by atoms with Crippen molar-refractivity contribution in [3.8, 4) is 0 Å². The highest BCUT2D eigenvalue weighted by atomic mass is 32.1. The summed E-state index contributed by atoms with van der Waals surface area (Å²) < 4.78 is 0. The summed E-state index contributed by atoms with van der Waals surface area (Å²) in [7, 11) is 3.46. The molecule has 0 bridgehead atoms. The summed E-state index contributed by atoms with van der Waals surface area (Å²) in [5.74, 6) is -0.0192. The van der Waals surface area contributed by atoms with Crippen LogP contribution < -0.4 is 5.32 Å². The van der Waals surface area contributed by atoms with Gasteiger partial charge in [0.1, 0.15) is 11.0 Å². The summed E-state index contributed by atoms with van der Waals surface area (Å²) in [6, 6.07) is -0.621. The normalized spacial score (nSPS) is 18.4. The number of carbonyl (C=O) groups is 2. The number of nitrogens with one attached hydrogen (secondary N) is 1. The molecule has 0 spiro atoms. The molecule has 2 rings (SSSR count). The van der Waals surface area contributed by atoms with Crippen LogP contribution in [0.4, 0.5) is 4.79 Å². The van der Waals surface area contributed by atoms with Crippen molar-refractivity contribution in [2.45, 2.75) is 32.4 Å². The molecule has 1 fully saturated rings.